The van der Waals surface area contributed by atoms with E-state index >= 15 is 0 Å². The quantitative estimate of drug-likeness (QED) is 0.887. The molecule has 1 aliphatic carbocycles. The van der Waals surface area contributed by atoms with E-state index in [1.807, 2.05) is 18.1 Å². The van der Waals surface area contributed by atoms with Crippen LogP contribution in [0.1, 0.15) is 36.8 Å². The highest BCUT2D eigenvalue weighted by atomic mass is 35.5. The van der Waals surface area contributed by atoms with Gasteiger partial charge in [0.2, 0.25) is 0 Å². The lowest BCUT2D eigenvalue weighted by Gasteiger charge is -2.03. The molecular weight excluding hydrogens is 274 g/mol. The number of halogens is 1. The largest absolute Gasteiger partial charge is 0.331 e. The molecule has 5 nitrogen and oxygen atoms in total. The monoisotopic (exact) mass is 293 g/mol. The van der Waals surface area contributed by atoms with Crippen LogP contribution in [0.15, 0.2) is 12.5 Å². The molecule has 1 aliphatic rings. The predicted molar refractivity (Wildman–Crippen MR) is 78.8 cm³/mol. The average molecular weight is 294 g/mol. The lowest BCUT2D eigenvalue weighted by Crippen LogP contribution is -2.15. The second-order valence-electron chi connectivity index (χ2n) is 5.38. The van der Waals surface area contributed by atoms with Gasteiger partial charge in [-0.1, -0.05) is 18.5 Å². The number of nitrogens with one attached hydrogen (secondary N) is 1. The maximum absolute atomic E-state index is 6.37. The van der Waals surface area contributed by atoms with Gasteiger partial charge >= 0.3 is 0 Å². The molecule has 6 heteroatoms. The summed E-state index contributed by atoms with van der Waals surface area (Å²) in [6.07, 6.45) is 7.38. The summed E-state index contributed by atoms with van der Waals surface area (Å²) in [5.74, 6) is 0. The Bertz CT molecular complexity index is 597. The molecule has 0 saturated heterocycles. The molecule has 0 atom stereocenters. The third kappa shape index (κ3) is 2.88. The predicted octanol–water partition coefficient (Wildman–Crippen LogP) is 2.13. The van der Waals surface area contributed by atoms with Gasteiger partial charge in [0.1, 0.15) is 0 Å². The van der Waals surface area contributed by atoms with Crippen molar-refractivity contribution < 1.29 is 0 Å². The maximum atomic E-state index is 6.37. The fourth-order valence-electron chi connectivity index (χ4n) is 2.29. The van der Waals surface area contributed by atoms with Crippen molar-refractivity contribution in [3.8, 4) is 0 Å². The van der Waals surface area contributed by atoms with Crippen molar-refractivity contribution in [3.05, 3.63) is 34.6 Å². The smallest absolute Gasteiger partial charge is 0.0953 e. The van der Waals surface area contributed by atoms with Gasteiger partial charge in [0.25, 0.3) is 0 Å². The number of aromatic nitrogens is 4. The molecule has 0 aliphatic heterocycles. The van der Waals surface area contributed by atoms with Crippen molar-refractivity contribution in [3.63, 3.8) is 0 Å². The fourth-order valence-corrected chi connectivity index (χ4v) is 2.64. The number of imidazole rings is 1. The van der Waals surface area contributed by atoms with E-state index in [2.05, 4.69) is 33.1 Å². The zero-order valence-corrected chi connectivity index (χ0v) is 12.7. The van der Waals surface area contributed by atoms with Crippen molar-refractivity contribution >= 4 is 11.6 Å². The standard InChI is InChI=1S/C14H20ClN5/c1-3-12-14(15)13(19(2)18-12)8-20-7-11(17-9-20)6-16-10-4-5-10/h7,9-10,16H,3-6,8H2,1-2H3. The van der Waals surface area contributed by atoms with E-state index in [0.29, 0.717) is 12.6 Å². The summed E-state index contributed by atoms with van der Waals surface area (Å²) in [6.45, 7) is 3.62. The molecule has 0 spiro atoms. The molecule has 0 unspecified atom stereocenters. The Labute approximate surface area is 124 Å². The van der Waals surface area contributed by atoms with E-state index in [1.165, 1.54) is 12.8 Å². The number of hydrogen-bond donors (Lipinski definition) is 1. The van der Waals surface area contributed by atoms with Crippen LogP contribution >= 0.6 is 11.6 Å². The van der Waals surface area contributed by atoms with Gasteiger partial charge in [0.05, 0.1) is 35.0 Å². The van der Waals surface area contributed by atoms with Crippen LogP contribution in [0.2, 0.25) is 5.02 Å². The molecule has 2 aromatic rings. The van der Waals surface area contributed by atoms with Gasteiger partial charge in [-0.05, 0) is 19.3 Å². The Morgan fingerprint density at radius 1 is 1.45 bits per heavy atom. The molecule has 108 valence electrons. The molecule has 0 aromatic carbocycles. The highest BCUT2D eigenvalue weighted by Gasteiger charge is 2.20. The van der Waals surface area contributed by atoms with E-state index in [9.17, 15) is 0 Å². The average Bonchev–Trinajstić information content (AvgIpc) is 3.11. The highest BCUT2D eigenvalue weighted by Crippen LogP contribution is 2.22. The second-order valence-corrected chi connectivity index (χ2v) is 5.76. The number of hydrogen-bond acceptors (Lipinski definition) is 3. The lowest BCUT2D eigenvalue weighted by atomic mass is 10.3. The van der Waals surface area contributed by atoms with Gasteiger partial charge in [-0.3, -0.25) is 4.68 Å². The van der Waals surface area contributed by atoms with Crippen LogP contribution in [0.4, 0.5) is 0 Å². The molecule has 1 fully saturated rings. The van der Waals surface area contributed by atoms with E-state index in [0.717, 1.165) is 35.1 Å². The molecular formula is C14H20ClN5. The van der Waals surface area contributed by atoms with Crippen LogP contribution in [-0.2, 0) is 26.6 Å². The van der Waals surface area contributed by atoms with E-state index in [-0.39, 0.29) is 0 Å². The Balaban J connectivity index is 1.69. The summed E-state index contributed by atoms with van der Waals surface area (Å²) >= 11 is 6.37. The van der Waals surface area contributed by atoms with Crippen molar-refractivity contribution in [1.82, 2.24) is 24.6 Å². The van der Waals surface area contributed by atoms with Gasteiger partial charge < -0.3 is 9.88 Å². The Morgan fingerprint density at radius 2 is 2.25 bits per heavy atom. The number of rotatable bonds is 6. The minimum absolute atomic E-state index is 0.707. The molecule has 1 saturated carbocycles. The Kier molecular flexibility index (Phi) is 3.81. The van der Waals surface area contributed by atoms with Crippen LogP contribution in [0.25, 0.3) is 0 Å². The summed E-state index contributed by atoms with van der Waals surface area (Å²) in [5.41, 5.74) is 3.06. The topological polar surface area (TPSA) is 47.7 Å². The van der Waals surface area contributed by atoms with Crippen LogP contribution in [0.3, 0.4) is 0 Å². The minimum Gasteiger partial charge on any atom is -0.331 e. The zero-order valence-electron chi connectivity index (χ0n) is 11.9. The van der Waals surface area contributed by atoms with Gasteiger partial charge in [0.15, 0.2) is 0 Å². The SMILES string of the molecule is CCc1nn(C)c(Cn2cnc(CNC3CC3)c2)c1Cl. The first kappa shape index (κ1) is 13.6. The van der Waals surface area contributed by atoms with Crippen molar-refractivity contribution in [2.75, 3.05) is 0 Å². The first-order valence-corrected chi connectivity index (χ1v) is 7.49. The van der Waals surface area contributed by atoms with Gasteiger partial charge in [0, 0.05) is 25.8 Å². The highest BCUT2D eigenvalue weighted by molar-refractivity contribution is 6.31. The van der Waals surface area contributed by atoms with Gasteiger partial charge in [-0.15, -0.1) is 0 Å². The summed E-state index contributed by atoms with van der Waals surface area (Å²) in [7, 11) is 1.94. The fraction of sp³-hybridized carbons (Fsp3) is 0.571. The second kappa shape index (κ2) is 5.58. The molecule has 2 aromatic heterocycles. The maximum Gasteiger partial charge on any atom is 0.0953 e. The third-order valence-corrected chi connectivity index (χ3v) is 4.11. The molecule has 3 rings (SSSR count). The van der Waals surface area contributed by atoms with Crippen LogP contribution in [0, 0.1) is 0 Å². The number of nitrogens with zero attached hydrogens (tertiary/aromatic N) is 4. The van der Waals surface area contributed by atoms with E-state index in [1.54, 1.807) is 0 Å². The minimum atomic E-state index is 0.707. The summed E-state index contributed by atoms with van der Waals surface area (Å²) in [4.78, 5) is 4.43. The lowest BCUT2D eigenvalue weighted by molar-refractivity contribution is 0.657. The van der Waals surface area contributed by atoms with Crippen molar-refractivity contribution in [1.29, 1.82) is 0 Å². The molecule has 1 N–H and O–H groups in total. The van der Waals surface area contributed by atoms with Crippen molar-refractivity contribution in [2.24, 2.45) is 7.05 Å². The van der Waals surface area contributed by atoms with Crippen molar-refractivity contribution in [2.45, 2.75) is 45.3 Å². The Morgan fingerprint density at radius 3 is 2.90 bits per heavy atom. The van der Waals surface area contributed by atoms with Gasteiger partial charge in [-0.2, -0.15) is 5.10 Å². The zero-order chi connectivity index (χ0) is 14.1. The summed E-state index contributed by atoms with van der Waals surface area (Å²) in [6, 6.07) is 0.707. The molecule has 20 heavy (non-hydrogen) atoms. The third-order valence-electron chi connectivity index (χ3n) is 3.67. The first-order valence-electron chi connectivity index (χ1n) is 7.11. The molecule has 0 amide bonds. The molecule has 2 heterocycles. The number of aryl methyl sites for hydroxylation is 2. The van der Waals surface area contributed by atoms with Crippen LogP contribution in [0.5, 0.6) is 0 Å². The first-order chi connectivity index (χ1) is 9.67. The summed E-state index contributed by atoms with van der Waals surface area (Å²) < 4.78 is 3.93. The molecule has 0 radical (unpaired) electrons. The normalized spacial score (nSPS) is 14.9. The van der Waals surface area contributed by atoms with Crippen LogP contribution in [-0.4, -0.2) is 25.4 Å². The van der Waals surface area contributed by atoms with E-state index in [4.69, 9.17) is 11.6 Å². The Hall–Kier alpha value is -1.33. The summed E-state index contributed by atoms with van der Waals surface area (Å²) in [5, 5.41) is 8.68. The van der Waals surface area contributed by atoms with Crippen LogP contribution < -0.4 is 5.32 Å². The van der Waals surface area contributed by atoms with E-state index < -0.39 is 0 Å². The molecule has 0 bridgehead atoms. The van der Waals surface area contributed by atoms with Gasteiger partial charge in [-0.25, -0.2) is 4.98 Å².